The summed E-state index contributed by atoms with van der Waals surface area (Å²) in [5.74, 6) is -1.20. The number of aliphatic hydroxyl groups is 1. The molecule has 5 N–H and O–H groups in total. The zero-order chi connectivity index (χ0) is 20.4. The molecule has 1 aromatic carbocycles. The van der Waals surface area contributed by atoms with Crippen LogP contribution in [0.5, 0.6) is 0 Å². The third kappa shape index (κ3) is 4.56. The molecule has 0 fully saturated rings. The van der Waals surface area contributed by atoms with Crippen molar-refractivity contribution in [1.29, 1.82) is 5.41 Å². The number of halogens is 1. The van der Waals surface area contributed by atoms with E-state index in [1.165, 1.54) is 24.9 Å². The second kappa shape index (κ2) is 7.67. The van der Waals surface area contributed by atoms with Gasteiger partial charge in [-0.3, -0.25) is 10.2 Å². The SMILES string of the molecule is CC(C)=C1C(=N)N(Cc2ccccc2F)N=C1/C(N)=N/NC(=O)C(C)(C)O. The highest BCUT2D eigenvalue weighted by Crippen LogP contribution is 2.22. The maximum absolute atomic E-state index is 13.9. The van der Waals surface area contributed by atoms with E-state index in [2.05, 4.69) is 15.6 Å². The Balaban J connectivity index is 2.32. The summed E-state index contributed by atoms with van der Waals surface area (Å²) in [7, 11) is 0. The number of hydrogen-bond donors (Lipinski definition) is 4. The fourth-order valence-electron chi connectivity index (χ4n) is 2.32. The van der Waals surface area contributed by atoms with Crippen LogP contribution in [0.25, 0.3) is 0 Å². The van der Waals surface area contributed by atoms with Crippen LogP contribution in [0.2, 0.25) is 0 Å². The third-order valence-electron chi connectivity index (χ3n) is 3.81. The summed E-state index contributed by atoms with van der Waals surface area (Å²) in [5, 5.41) is 27.4. The predicted molar refractivity (Wildman–Crippen MR) is 102 cm³/mol. The van der Waals surface area contributed by atoms with Crippen LogP contribution >= 0.6 is 0 Å². The van der Waals surface area contributed by atoms with Crippen molar-refractivity contribution in [3.05, 3.63) is 46.8 Å². The minimum atomic E-state index is -1.62. The van der Waals surface area contributed by atoms with Gasteiger partial charge in [-0.15, -0.1) is 0 Å². The molecule has 0 saturated heterocycles. The second-order valence-electron chi connectivity index (χ2n) is 6.82. The summed E-state index contributed by atoms with van der Waals surface area (Å²) in [6.45, 7) is 6.25. The summed E-state index contributed by atoms with van der Waals surface area (Å²) in [4.78, 5) is 11.7. The molecule has 0 saturated carbocycles. The van der Waals surface area contributed by atoms with E-state index in [1.54, 1.807) is 32.0 Å². The van der Waals surface area contributed by atoms with Gasteiger partial charge >= 0.3 is 0 Å². The van der Waals surface area contributed by atoms with Gasteiger partial charge in [0.25, 0.3) is 5.91 Å². The van der Waals surface area contributed by atoms with Crippen LogP contribution in [0.15, 0.2) is 45.6 Å². The van der Waals surface area contributed by atoms with E-state index >= 15 is 0 Å². The number of carbonyl (C=O) groups excluding carboxylic acids is 1. The Hall–Kier alpha value is -3.07. The van der Waals surface area contributed by atoms with Gasteiger partial charge in [0.2, 0.25) is 0 Å². The number of carbonyl (C=O) groups is 1. The lowest BCUT2D eigenvalue weighted by Gasteiger charge is -2.15. The van der Waals surface area contributed by atoms with Gasteiger partial charge in [0.05, 0.1) is 6.54 Å². The van der Waals surface area contributed by atoms with E-state index in [1.807, 2.05) is 0 Å². The molecule has 0 atom stereocenters. The summed E-state index contributed by atoms with van der Waals surface area (Å²) in [6.07, 6.45) is 0. The van der Waals surface area contributed by atoms with Crippen molar-refractivity contribution in [3.8, 4) is 0 Å². The monoisotopic (exact) mass is 374 g/mol. The van der Waals surface area contributed by atoms with Gasteiger partial charge in [-0.05, 0) is 33.8 Å². The van der Waals surface area contributed by atoms with Crippen LogP contribution in [-0.2, 0) is 11.3 Å². The fourth-order valence-corrected chi connectivity index (χ4v) is 2.32. The zero-order valence-corrected chi connectivity index (χ0v) is 15.7. The Morgan fingerprint density at radius 3 is 2.59 bits per heavy atom. The Morgan fingerprint density at radius 2 is 2.04 bits per heavy atom. The van der Waals surface area contributed by atoms with E-state index in [9.17, 15) is 14.3 Å². The van der Waals surface area contributed by atoms with Crippen LogP contribution in [0.3, 0.4) is 0 Å². The lowest BCUT2D eigenvalue weighted by molar-refractivity contribution is -0.136. The quantitative estimate of drug-likeness (QED) is 0.353. The number of nitrogens with one attached hydrogen (secondary N) is 2. The summed E-state index contributed by atoms with van der Waals surface area (Å²) < 4.78 is 13.9. The van der Waals surface area contributed by atoms with Gasteiger partial charge in [0, 0.05) is 11.1 Å². The molecule has 0 aliphatic carbocycles. The van der Waals surface area contributed by atoms with E-state index in [0.29, 0.717) is 11.1 Å². The Bertz CT molecular complexity index is 863. The summed E-state index contributed by atoms with van der Waals surface area (Å²) >= 11 is 0. The molecule has 8 nitrogen and oxygen atoms in total. The highest BCUT2D eigenvalue weighted by atomic mass is 19.1. The molecule has 2 rings (SSSR count). The number of amides is 1. The first kappa shape index (κ1) is 20.2. The molecule has 9 heteroatoms. The smallest absolute Gasteiger partial charge is 0.271 e. The number of hydrogen-bond acceptors (Lipinski definition) is 5. The highest BCUT2D eigenvalue weighted by molar-refractivity contribution is 6.54. The van der Waals surface area contributed by atoms with Crippen molar-refractivity contribution in [3.63, 3.8) is 0 Å². The van der Waals surface area contributed by atoms with E-state index in [-0.39, 0.29) is 23.9 Å². The van der Waals surface area contributed by atoms with Gasteiger partial charge in [-0.25, -0.2) is 14.8 Å². The molecule has 0 bridgehead atoms. The van der Waals surface area contributed by atoms with Crippen molar-refractivity contribution in [2.24, 2.45) is 15.9 Å². The topological polar surface area (TPSA) is 127 Å². The summed E-state index contributed by atoms with van der Waals surface area (Å²) in [6, 6.07) is 6.23. The zero-order valence-electron chi connectivity index (χ0n) is 15.7. The lowest BCUT2D eigenvalue weighted by Crippen LogP contribution is -2.41. The largest absolute Gasteiger partial charge is 0.381 e. The van der Waals surface area contributed by atoms with Gasteiger partial charge in [-0.1, -0.05) is 23.8 Å². The molecule has 1 aliphatic rings. The van der Waals surface area contributed by atoms with Crippen molar-refractivity contribution in [2.45, 2.75) is 39.8 Å². The Morgan fingerprint density at radius 1 is 1.41 bits per heavy atom. The molecule has 1 amide bonds. The van der Waals surface area contributed by atoms with Gasteiger partial charge in [0.15, 0.2) is 11.7 Å². The molecule has 1 aliphatic heterocycles. The molecule has 1 heterocycles. The first-order valence-corrected chi connectivity index (χ1v) is 8.25. The van der Waals surface area contributed by atoms with Gasteiger partial charge in [0.1, 0.15) is 17.1 Å². The summed E-state index contributed by atoms with van der Waals surface area (Å²) in [5.41, 5.74) is 8.28. The molecular weight excluding hydrogens is 351 g/mol. The normalized spacial score (nSPS) is 15.1. The number of benzene rings is 1. The first-order valence-electron chi connectivity index (χ1n) is 8.25. The van der Waals surface area contributed by atoms with Crippen LogP contribution in [-0.4, -0.2) is 39.0 Å². The first-order chi connectivity index (χ1) is 12.5. The number of amidine groups is 2. The molecular formula is C18H23FN6O2. The van der Waals surface area contributed by atoms with E-state index < -0.39 is 17.3 Å². The maximum atomic E-state index is 13.9. The number of hydrazone groups is 2. The Kier molecular flexibility index (Phi) is 5.75. The van der Waals surface area contributed by atoms with Crippen LogP contribution < -0.4 is 11.2 Å². The average molecular weight is 374 g/mol. The highest BCUT2D eigenvalue weighted by Gasteiger charge is 2.31. The third-order valence-corrected chi connectivity index (χ3v) is 3.81. The number of allylic oxidation sites excluding steroid dienone is 1. The average Bonchev–Trinajstić information content (AvgIpc) is 2.90. The van der Waals surface area contributed by atoms with Crippen molar-refractivity contribution in [1.82, 2.24) is 10.4 Å². The van der Waals surface area contributed by atoms with Crippen LogP contribution in [0.1, 0.15) is 33.3 Å². The molecule has 0 aromatic heterocycles. The van der Waals surface area contributed by atoms with Crippen molar-refractivity contribution < 1.29 is 14.3 Å². The van der Waals surface area contributed by atoms with Crippen molar-refractivity contribution >= 4 is 23.3 Å². The molecule has 0 unspecified atom stereocenters. The van der Waals surface area contributed by atoms with Crippen LogP contribution in [0, 0.1) is 11.2 Å². The lowest BCUT2D eigenvalue weighted by atomic mass is 10.0. The standard InChI is InChI=1S/C18H23FN6O2/c1-10(2)13-14(15(20)22-23-17(26)18(3,4)27)24-25(16(13)21)9-11-7-5-6-8-12(11)19/h5-8,21,27H,9H2,1-4H3,(H2,20,22)(H,23,26). The maximum Gasteiger partial charge on any atom is 0.271 e. The van der Waals surface area contributed by atoms with E-state index in [4.69, 9.17) is 11.1 Å². The van der Waals surface area contributed by atoms with Crippen molar-refractivity contribution in [2.75, 3.05) is 0 Å². The van der Waals surface area contributed by atoms with Gasteiger partial charge < -0.3 is 10.8 Å². The van der Waals surface area contributed by atoms with Crippen LogP contribution in [0.4, 0.5) is 4.39 Å². The minimum Gasteiger partial charge on any atom is -0.381 e. The molecule has 1 aromatic rings. The minimum absolute atomic E-state index is 0.0507. The molecule has 144 valence electrons. The molecule has 27 heavy (non-hydrogen) atoms. The number of rotatable bonds is 5. The number of nitrogens with zero attached hydrogens (tertiary/aromatic N) is 3. The second-order valence-corrected chi connectivity index (χ2v) is 6.82. The fraction of sp³-hybridized carbons (Fsp3) is 0.333. The van der Waals surface area contributed by atoms with E-state index in [0.717, 1.165) is 5.57 Å². The molecule has 0 spiro atoms. The van der Waals surface area contributed by atoms with Gasteiger partial charge in [-0.2, -0.15) is 10.2 Å². The predicted octanol–water partition coefficient (Wildman–Crippen LogP) is 1.47. The molecule has 0 radical (unpaired) electrons. The number of nitrogens with two attached hydrogens (primary N) is 1. The Labute approximate surface area is 156 Å².